The van der Waals surface area contributed by atoms with Crippen molar-refractivity contribution in [3.63, 3.8) is 0 Å². The van der Waals surface area contributed by atoms with Crippen LogP contribution in [0.3, 0.4) is 0 Å². The molecule has 0 bridgehead atoms. The van der Waals surface area contributed by atoms with Gasteiger partial charge in [0, 0.05) is 20.1 Å². The Hall–Kier alpha value is -1.75. The van der Waals surface area contributed by atoms with Crippen LogP contribution in [0.4, 0.5) is 0 Å². The van der Waals surface area contributed by atoms with Gasteiger partial charge in [-0.05, 0) is 33.2 Å². The summed E-state index contributed by atoms with van der Waals surface area (Å²) in [4.78, 5) is 15.6. The van der Waals surface area contributed by atoms with E-state index < -0.39 is 0 Å². The molecule has 0 spiro atoms. The van der Waals surface area contributed by atoms with Crippen molar-refractivity contribution in [1.29, 1.82) is 0 Å². The van der Waals surface area contributed by atoms with Gasteiger partial charge in [0.05, 0.1) is 6.61 Å². The first-order chi connectivity index (χ1) is 9.54. The van der Waals surface area contributed by atoms with Crippen molar-refractivity contribution >= 4 is 5.91 Å². The Labute approximate surface area is 121 Å². The number of benzene rings is 1. The van der Waals surface area contributed by atoms with E-state index in [-0.39, 0.29) is 12.5 Å². The lowest BCUT2D eigenvalue weighted by Crippen LogP contribution is -2.36. The second-order valence-corrected chi connectivity index (χ2v) is 4.79. The molecule has 0 unspecified atom stereocenters. The summed E-state index contributed by atoms with van der Waals surface area (Å²) in [6, 6.07) is 7.37. The van der Waals surface area contributed by atoms with Crippen LogP contribution < -0.4 is 9.47 Å². The first-order valence-corrected chi connectivity index (χ1v) is 6.78. The van der Waals surface area contributed by atoms with E-state index in [9.17, 15) is 4.79 Å². The zero-order valence-corrected chi connectivity index (χ0v) is 12.8. The van der Waals surface area contributed by atoms with Gasteiger partial charge in [-0.2, -0.15) is 0 Å². The van der Waals surface area contributed by atoms with Crippen molar-refractivity contribution in [2.24, 2.45) is 0 Å². The maximum absolute atomic E-state index is 11.9. The van der Waals surface area contributed by atoms with Crippen LogP contribution in [-0.2, 0) is 4.79 Å². The zero-order valence-electron chi connectivity index (χ0n) is 12.8. The van der Waals surface area contributed by atoms with Crippen LogP contribution >= 0.6 is 0 Å². The van der Waals surface area contributed by atoms with Crippen molar-refractivity contribution in [2.75, 3.05) is 47.4 Å². The number of amides is 1. The molecule has 0 fully saturated rings. The molecule has 1 amide bonds. The molecule has 0 aromatic heterocycles. The SMILES string of the molecule is CCOc1ccccc1OCC(=O)N(C)CCN(C)C. The molecule has 0 aliphatic rings. The molecule has 0 aliphatic heterocycles. The highest BCUT2D eigenvalue weighted by atomic mass is 16.5. The summed E-state index contributed by atoms with van der Waals surface area (Å²) in [7, 11) is 5.74. The largest absolute Gasteiger partial charge is 0.490 e. The second-order valence-electron chi connectivity index (χ2n) is 4.79. The average Bonchev–Trinajstić information content (AvgIpc) is 2.43. The van der Waals surface area contributed by atoms with E-state index in [4.69, 9.17) is 9.47 Å². The molecule has 1 aromatic carbocycles. The van der Waals surface area contributed by atoms with E-state index in [2.05, 4.69) is 0 Å². The third-order valence-electron chi connectivity index (χ3n) is 2.81. The summed E-state index contributed by atoms with van der Waals surface area (Å²) in [6.07, 6.45) is 0. The maximum atomic E-state index is 11.9. The van der Waals surface area contributed by atoms with Gasteiger partial charge in [0.25, 0.3) is 5.91 Å². The van der Waals surface area contributed by atoms with Crippen LogP contribution in [0.5, 0.6) is 11.5 Å². The van der Waals surface area contributed by atoms with E-state index in [1.807, 2.05) is 44.1 Å². The molecule has 0 aliphatic carbocycles. The lowest BCUT2D eigenvalue weighted by molar-refractivity contribution is -0.132. The molecule has 1 rings (SSSR count). The third-order valence-corrected chi connectivity index (χ3v) is 2.81. The number of ether oxygens (including phenoxy) is 2. The number of rotatable bonds is 8. The van der Waals surface area contributed by atoms with Gasteiger partial charge in [0.2, 0.25) is 0 Å². The van der Waals surface area contributed by atoms with Crippen LogP contribution in [0.25, 0.3) is 0 Å². The molecule has 0 saturated carbocycles. The van der Waals surface area contributed by atoms with Gasteiger partial charge in [-0.25, -0.2) is 0 Å². The predicted molar refractivity (Wildman–Crippen MR) is 79.3 cm³/mol. The van der Waals surface area contributed by atoms with Crippen LogP contribution in [0, 0.1) is 0 Å². The minimum atomic E-state index is -0.0434. The molecule has 0 radical (unpaired) electrons. The van der Waals surface area contributed by atoms with Gasteiger partial charge >= 0.3 is 0 Å². The quantitative estimate of drug-likeness (QED) is 0.723. The van der Waals surface area contributed by atoms with Crippen molar-refractivity contribution < 1.29 is 14.3 Å². The minimum Gasteiger partial charge on any atom is -0.490 e. The van der Waals surface area contributed by atoms with Crippen molar-refractivity contribution in [1.82, 2.24) is 9.80 Å². The molecular weight excluding hydrogens is 256 g/mol. The second kappa shape index (κ2) is 8.43. The molecule has 0 atom stereocenters. The van der Waals surface area contributed by atoms with Gasteiger partial charge in [-0.15, -0.1) is 0 Å². The number of likely N-dealkylation sites (N-methyl/N-ethyl adjacent to an activating group) is 2. The number of hydrogen-bond acceptors (Lipinski definition) is 4. The topological polar surface area (TPSA) is 42.0 Å². The summed E-state index contributed by atoms with van der Waals surface area (Å²) in [5, 5.41) is 0. The Kier molecular flexibility index (Phi) is 6.87. The van der Waals surface area contributed by atoms with Gasteiger partial charge in [0.15, 0.2) is 18.1 Å². The fourth-order valence-electron chi connectivity index (χ4n) is 1.57. The van der Waals surface area contributed by atoms with Gasteiger partial charge in [0.1, 0.15) is 0 Å². The molecule has 0 N–H and O–H groups in total. The van der Waals surface area contributed by atoms with E-state index in [1.54, 1.807) is 18.0 Å². The average molecular weight is 280 g/mol. The molecule has 5 heteroatoms. The van der Waals surface area contributed by atoms with Crippen LogP contribution in [0.1, 0.15) is 6.92 Å². The van der Waals surface area contributed by atoms with Crippen molar-refractivity contribution in [3.05, 3.63) is 24.3 Å². The maximum Gasteiger partial charge on any atom is 0.260 e. The molecule has 0 saturated heterocycles. The van der Waals surface area contributed by atoms with E-state index in [1.165, 1.54) is 0 Å². The fraction of sp³-hybridized carbons (Fsp3) is 0.533. The summed E-state index contributed by atoms with van der Waals surface area (Å²) < 4.78 is 11.0. The Bertz CT molecular complexity index is 421. The standard InChI is InChI=1S/C15H24N2O3/c1-5-19-13-8-6-7-9-14(13)20-12-15(18)17(4)11-10-16(2)3/h6-9H,5,10-12H2,1-4H3. The van der Waals surface area contributed by atoms with Crippen LogP contribution in [0.15, 0.2) is 24.3 Å². The van der Waals surface area contributed by atoms with E-state index in [0.717, 1.165) is 6.54 Å². The molecule has 1 aromatic rings. The van der Waals surface area contributed by atoms with Crippen LogP contribution in [-0.4, -0.2) is 63.2 Å². The Balaban J connectivity index is 2.48. The van der Waals surface area contributed by atoms with E-state index >= 15 is 0 Å². The number of nitrogens with zero attached hydrogens (tertiary/aromatic N) is 2. The normalized spacial score (nSPS) is 10.4. The lowest BCUT2D eigenvalue weighted by atomic mass is 10.3. The van der Waals surface area contributed by atoms with E-state index in [0.29, 0.717) is 24.7 Å². The summed E-state index contributed by atoms with van der Waals surface area (Å²) in [5.74, 6) is 1.22. The molecule has 20 heavy (non-hydrogen) atoms. The zero-order chi connectivity index (χ0) is 15.0. The highest BCUT2D eigenvalue weighted by Crippen LogP contribution is 2.26. The number of para-hydroxylation sites is 2. The monoisotopic (exact) mass is 280 g/mol. The van der Waals surface area contributed by atoms with Crippen molar-refractivity contribution in [2.45, 2.75) is 6.92 Å². The molecular formula is C15H24N2O3. The number of carbonyl (C=O) groups is 1. The summed E-state index contributed by atoms with van der Waals surface area (Å²) in [5.41, 5.74) is 0. The number of hydrogen-bond donors (Lipinski definition) is 0. The highest BCUT2D eigenvalue weighted by molar-refractivity contribution is 5.77. The predicted octanol–water partition coefficient (Wildman–Crippen LogP) is 1.48. The summed E-state index contributed by atoms with van der Waals surface area (Å²) >= 11 is 0. The Morgan fingerprint density at radius 3 is 2.20 bits per heavy atom. The van der Waals surface area contributed by atoms with Gasteiger partial charge in [-0.3, -0.25) is 4.79 Å². The highest BCUT2D eigenvalue weighted by Gasteiger charge is 2.11. The third kappa shape index (κ3) is 5.48. The molecule has 0 heterocycles. The summed E-state index contributed by atoms with van der Waals surface area (Å²) in [6.45, 7) is 4.02. The Morgan fingerprint density at radius 1 is 1.05 bits per heavy atom. The molecule has 112 valence electrons. The molecule has 5 nitrogen and oxygen atoms in total. The van der Waals surface area contributed by atoms with Gasteiger partial charge in [-0.1, -0.05) is 12.1 Å². The smallest absolute Gasteiger partial charge is 0.260 e. The lowest BCUT2D eigenvalue weighted by Gasteiger charge is -2.20. The van der Waals surface area contributed by atoms with Crippen molar-refractivity contribution in [3.8, 4) is 11.5 Å². The fourth-order valence-corrected chi connectivity index (χ4v) is 1.57. The Morgan fingerprint density at radius 2 is 1.65 bits per heavy atom. The first kappa shape index (κ1) is 16.3. The van der Waals surface area contributed by atoms with Crippen LogP contribution in [0.2, 0.25) is 0 Å². The minimum absolute atomic E-state index is 0.0218. The van der Waals surface area contributed by atoms with Gasteiger partial charge < -0.3 is 19.3 Å². The number of carbonyl (C=O) groups excluding carboxylic acids is 1. The first-order valence-electron chi connectivity index (χ1n) is 6.78.